The Morgan fingerprint density at radius 1 is 0.942 bits per heavy atom. The average molecular weight is 751 g/mol. The zero-order chi connectivity index (χ0) is 38.3. The highest BCUT2D eigenvalue weighted by Gasteiger charge is 2.50. The molecule has 1 fully saturated rings. The van der Waals surface area contributed by atoms with E-state index in [0.29, 0.717) is 31.6 Å². The smallest absolute Gasteiger partial charge is 0.443 e. The summed E-state index contributed by atoms with van der Waals surface area (Å²) in [5.41, 5.74) is 0.0361. The van der Waals surface area contributed by atoms with Gasteiger partial charge in [-0.2, -0.15) is 4.31 Å². The van der Waals surface area contributed by atoms with Gasteiger partial charge in [0.2, 0.25) is 0 Å². The molecule has 4 rings (SSSR count). The Hall–Kier alpha value is -3.51. The summed E-state index contributed by atoms with van der Waals surface area (Å²) in [6, 6.07) is 25.7. The summed E-state index contributed by atoms with van der Waals surface area (Å²) >= 11 is 0. The van der Waals surface area contributed by atoms with Crippen molar-refractivity contribution in [3.05, 3.63) is 84.4 Å². The lowest BCUT2D eigenvalue weighted by Crippen LogP contribution is -2.66. The van der Waals surface area contributed by atoms with Gasteiger partial charge in [0.25, 0.3) is 8.32 Å². The molecule has 0 saturated carbocycles. The number of esters is 1. The fraction of sp³-hybridized carbons (Fsp3) is 0.512. The average Bonchev–Trinajstić information content (AvgIpc) is 3.57. The zero-order valence-corrected chi connectivity index (χ0v) is 34.5. The summed E-state index contributed by atoms with van der Waals surface area (Å²) in [6.45, 7) is 19.0. The largest absolute Gasteiger partial charge is 0.489 e. The van der Waals surface area contributed by atoms with Crippen LogP contribution in [-0.2, 0) is 28.6 Å². The third kappa shape index (κ3) is 9.72. The van der Waals surface area contributed by atoms with Crippen molar-refractivity contribution in [3.63, 3.8) is 0 Å². The van der Waals surface area contributed by atoms with E-state index in [1.54, 1.807) is 26.8 Å². The minimum Gasteiger partial charge on any atom is -0.489 e. The van der Waals surface area contributed by atoms with Gasteiger partial charge < -0.3 is 18.6 Å². The van der Waals surface area contributed by atoms with Crippen molar-refractivity contribution in [2.75, 3.05) is 20.3 Å². The zero-order valence-electron chi connectivity index (χ0n) is 32.6. The molecule has 3 aromatic carbocycles. The molecule has 284 valence electrons. The molecule has 0 spiro atoms. The van der Waals surface area contributed by atoms with Crippen molar-refractivity contribution < 1.29 is 32.4 Å². The summed E-state index contributed by atoms with van der Waals surface area (Å²) in [5.74, 6) is 0.0670. The van der Waals surface area contributed by atoms with Gasteiger partial charge in [0.05, 0.1) is 13.2 Å². The molecule has 0 unspecified atom stereocenters. The first-order valence-corrected chi connectivity index (χ1v) is 21.7. The molecule has 1 aliphatic rings. The van der Waals surface area contributed by atoms with Crippen LogP contribution in [0, 0.1) is 12.8 Å². The maximum absolute atomic E-state index is 15.2. The highest BCUT2D eigenvalue weighted by Crippen LogP contribution is 2.38. The van der Waals surface area contributed by atoms with Crippen LogP contribution < -0.4 is 15.1 Å². The monoisotopic (exact) mass is 750 g/mol. The Balaban J connectivity index is 1.59. The molecule has 1 saturated heterocycles. The third-order valence-electron chi connectivity index (χ3n) is 9.38. The number of rotatable bonds is 13. The van der Waals surface area contributed by atoms with E-state index in [1.807, 2.05) is 38.1 Å². The molecule has 4 atom stereocenters. The lowest BCUT2D eigenvalue weighted by atomic mass is 10.0. The van der Waals surface area contributed by atoms with E-state index in [4.69, 9.17) is 18.6 Å². The lowest BCUT2D eigenvalue weighted by molar-refractivity contribution is -0.144. The van der Waals surface area contributed by atoms with E-state index < -0.39 is 41.9 Å². The van der Waals surface area contributed by atoms with Crippen molar-refractivity contribution in [1.82, 2.24) is 4.31 Å². The standard InChI is InChI=1S/C41H58N2O7SSi/c1-30-23-24-37(51(46,42-39(45)50-40(4,5)6)43-26-17-22-35(43)38(44)47-10)36(29-30)49-32(3)28-31(2)25-27-48-52(41(7,8)9,33-18-13-11-14-19-33)34-20-15-12-16-21-34/h11-16,18-21,23-24,29,31-32,35H,17,22,25-28H2,1-10H3/t31-,32-,35+,51+/m1/s1. The molecule has 0 aliphatic carbocycles. The van der Waals surface area contributed by atoms with Gasteiger partial charge in [-0.3, -0.25) is 4.79 Å². The Morgan fingerprint density at radius 3 is 2.08 bits per heavy atom. The number of nitrogens with zero attached hydrogens (tertiary/aromatic N) is 2. The van der Waals surface area contributed by atoms with E-state index in [-0.39, 0.29) is 28.5 Å². The van der Waals surface area contributed by atoms with Crippen LogP contribution in [0.25, 0.3) is 0 Å². The lowest BCUT2D eigenvalue weighted by Gasteiger charge is -2.43. The van der Waals surface area contributed by atoms with Crippen molar-refractivity contribution in [1.29, 1.82) is 0 Å². The molecule has 0 aromatic heterocycles. The Morgan fingerprint density at radius 2 is 1.54 bits per heavy atom. The molecule has 9 nitrogen and oxygen atoms in total. The second-order valence-corrected chi connectivity index (χ2v) is 22.3. The van der Waals surface area contributed by atoms with Gasteiger partial charge in [-0.15, -0.1) is 4.36 Å². The van der Waals surface area contributed by atoms with Crippen LogP contribution in [-0.4, -0.2) is 66.9 Å². The molecule has 52 heavy (non-hydrogen) atoms. The number of benzene rings is 3. The summed E-state index contributed by atoms with van der Waals surface area (Å²) < 4.78 is 45.1. The molecular weight excluding hydrogens is 693 g/mol. The number of aryl methyl sites for hydroxylation is 1. The molecular formula is C41H58N2O7SSi. The number of carbonyl (C=O) groups is 2. The molecule has 0 bridgehead atoms. The van der Waals surface area contributed by atoms with E-state index in [9.17, 15) is 9.59 Å². The quantitative estimate of drug-likeness (QED) is 0.129. The van der Waals surface area contributed by atoms with Crippen LogP contribution in [0.1, 0.15) is 86.6 Å². The van der Waals surface area contributed by atoms with Crippen LogP contribution in [0.15, 0.2) is 88.1 Å². The van der Waals surface area contributed by atoms with Gasteiger partial charge in [0.1, 0.15) is 22.3 Å². The summed E-state index contributed by atoms with van der Waals surface area (Å²) in [5, 5.41) is 2.38. The number of amides is 1. The number of hydrogen-bond acceptors (Lipinski definition) is 7. The molecule has 1 amide bonds. The summed E-state index contributed by atoms with van der Waals surface area (Å²) in [7, 11) is -5.06. The number of methoxy groups -OCH3 is 1. The topological polar surface area (TPSA) is 104 Å². The fourth-order valence-corrected chi connectivity index (χ4v) is 13.9. The molecule has 11 heteroatoms. The van der Waals surface area contributed by atoms with E-state index in [0.717, 1.165) is 12.0 Å². The van der Waals surface area contributed by atoms with E-state index in [2.05, 4.69) is 80.6 Å². The number of carbonyl (C=O) groups excluding carboxylic acids is 2. The first-order valence-electron chi connectivity index (χ1n) is 18.3. The van der Waals surface area contributed by atoms with E-state index in [1.165, 1.54) is 21.8 Å². The predicted molar refractivity (Wildman–Crippen MR) is 210 cm³/mol. The maximum atomic E-state index is 15.2. The number of ether oxygens (including phenoxy) is 3. The van der Waals surface area contributed by atoms with Crippen LogP contribution in [0.4, 0.5) is 4.79 Å². The first kappa shape index (κ1) is 41.2. The van der Waals surface area contributed by atoms with Crippen molar-refractivity contribution in [2.24, 2.45) is 10.3 Å². The van der Waals surface area contributed by atoms with Gasteiger partial charge in [0, 0.05) is 13.2 Å². The highest BCUT2D eigenvalue weighted by atomic mass is 32.2. The molecule has 0 N–H and O–H groups in total. The second kappa shape index (κ2) is 17.1. The maximum Gasteiger partial charge on any atom is 0.443 e. The third-order valence-corrected chi connectivity index (χ3v) is 16.8. The number of hydrogen-bond donors (Lipinski definition) is 0. The van der Waals surface area contributed by atoms with Crippen LogP contribution in [0.5, 0.6) is 5.75 Å². The molecule has 0 radical (unpaired) electrons. The van der Waals surface area contributed by atoms with Gasteiger partial charge >= 0.3 is 12.1 Å². The molecule has 3 aromatic rings. The Bertz CT molecular complexity index is 1740. The van der Waals surface area contributed by atoms with Crippen LogP contribution in [0.3, 0.4) is 0 Å². The normalized spacial score (nSPS) is 17.8. The second-order valence-electron chi connectivity index (χ2n) is 15.9. The Kier molecular flexibility index (Phi) is 13.6. The van der Waals surface area contributed by atoms with Crippen molar-refractivity contribution >= 4 is 40.7 Å². The highest BCUT2D eigenvalue weighted by molar-refractivity contribution is 7.91. The first-order chi connectivity index (χ1) is 24.4. The Labute approximate surface area is 312 Å². The molecule has 1 heterocycles. The van der Waals surface area contributed by atoms with Crippen LogP contribution in [0.2, 0.25) is 5.04 Å². The van der Waals surface area contributed by atoms with Gasteiger partial charge in [-0.1, -0.05) is 94.4 Å². The van der Waals surface area contributed by atoms with Crippen molar-refractivity contribution in [2.45, 2.75) is 116 Å². The SMILES string of the molecule is COC(=O)[C@@H]1CCCN1[S@@](=O)(=NC(=O)OC(C)(C)C)c1ccc(C)cc1O[C@H](C)C[C@H](C)CCO[Si](c1ccccc1)(c1ccccc1)C(C)(C)C. The summed E-state index contributed by atoms with van der Waals surface area (Å²) in [4.78, 5) is 26.2. The van der Waals surface area contributed by atoms with Gasteiger partial charge in [0.15, 0.2) is 9.92 Å². The minimum absolute atomic E-state index is 0.114. The van der Waals surface area contributed by atoms with Crippen molar-refractivity contribution in [3.8, 4) is 5.75 Å². The van der Waals surface area contributed by atoms with Crippen LogP contribution >= 0.6 is 0 Å². The van der Waals surface area contributed by atoms with Gasteiger partial charge in [-0.05, 0) is 99.3 Å². The predicted octanol–water partition coefficient (Wildman–Crippen LogP) is 8.07. The molecule has 1 aliphatic heterocycles. The van der Waals surface area contributed by atoms with Gasteiger partial charge in [-0.25, -0.2) is 9.00 Å². The van der Waals surface area contributed by atoms with E-state index >= 15 is 4.21 Å². The summed E-state index contributed by atoms with van der Waals surface area (Å²) in [6.07, 6.45) is 1.30. The minimum atomic E-state index is -3.70. The fourth-order valence-electron chi connectivity index (χ4n) is 7.07.